The van der Waals surface area contributed by atoms with E-state index < -0.39 is 0 Å². The maximum Gasteiger partial charge on any atom is 0.234 e. The highest BCUT2D eigenvalue weighted by molar-refractivity contribution is 8.00. The molecule has 3 aromatic carbocycles. The lowest BCUT2D eigenvalue weighted by Crippen LogP contribution is -2.14. The minimum atomic E-state index is -0.0660. The van der Waals surface area contributed by atoms with Gasteiger partial charge in [0, 0.05) is 16.1 Å². The van der Waals surface area contributed by atoms with E-state index in [2.05, 4.69) is 29.6 Å². The van der Waals surface area contributed by atoms with Crippen molar-refractivity contribution in [1.82, 2.24) is 0 Å². The maximum atomic E-state index is 12.1. The van der Waals surface area contributed by atoms with Crippen LogP contribution in [0.1, 0.15) is 17.3 Å². The zero-order valence-electron chi connectivity index (χ0n) is 13.3. The Balaban J connectivity index is 1.59. The fraction of sp³-hybridized carbons (Fsp3) is 0.100. The van der Waals surface area contributed by atoms with Gasteiger partial charge in [0.1, 0.15) is 0 Å². The number of fused-ring (bicyclic) bond motifs is 1. The third-order valence-electron chi connectivity index (χ3n) is 3.67. The standard InChI is InChI=1S/C20H17NO2S/c1-14(22)15-6-9-18(10-7-15)21-20(23)13-24-19-11-8-16-4-2-3-5-17(16)12-19/h2-12H,13H2,1H3,(H,21,23). The van der Waals surface area contributed by atoms with Gasteiger partial charge < -0.3 is 5.32 Å². The number of Topliss-reactive ketones (excluding diaryl/α,β-unsaturated/α-hetero) is 1. The van der Waals surface area contributed by atoms with Gasteiger partial charge in [0.15, 0.2) is 5.78 Å². The molecular weight excluding hydrogens is 318 g/mol. The summed E-state index contributed by atoms with van der Waals surface area (Å²) in [6.07, 6.45) is 0. The summed E-state index contributed by atoms with van der Waals surface area (Å²) in [6.45, 7) is 1.52. The van der Waals surface area contributed by atoms with Gasteiger partial charge in [-0.25, -0.2) is 0 Å². The fourth-order valence-corrected chi connectivity index (χ4v) is 3.14. The molecule has 0 saturated heterocycles. The van der Waals surface area contributed by atoms with E-state index in [-0.39, 0.29) is 11.7 Å². The van der Waals surface area contributed by atoms with Gasteiger partial charge in [-0.2, -0.15) is 0 Å². The Bertz CT molecular complexity index is 888. The van der Waals surface area contributed by atoms with Crippen molar-refractivity contribution in [3.05, 3.63) is 72.3 Å². The van der Waals surface area contributed by atoms with E-state index in [1.807, 2.05) is 18.2 Å². The number of carbonyl (C=O) groups is 2. The molecule has 3 nitrogen and oxygen atoms in total. The number of hydrogen-bond acceptors (Lipinski definition) is 3. The number of thioether (sulfide) groups is 1. The first-order chi connectivity index (χ1) is 11.6. The minimum Gasteiger partial charge on any atom is -0.325 e. The molecule has 0 unspecified atom stereocenters. The molecule has 0 atom stereocenters. The first-order valence-electron chi connectivity index (χ1n) is 7.64. The van der Waals surface area contributed by atoms with Crippen LogP contribution < -0.4 is 5.32 Å². The van der Waals surface area contributed by atoms with Crippen LogP contribution in [0.5, 0.6) is 0 Å². The molecular formula is C20H17NO2S. The third-order valence-corrected chi connectivity index (χ3v) is 4.66. The predicted molar refractivity (Wildman–Crippen MR) is 99.7 cm³/mol. The van der Waals surface area contributed by atoms with Gasteiger partial charge >= 0.3 is 0 Å². The van der Waals surface area contributed by atoms with Crippen LogP contribution in [0, 0.1) is 0 Å². The number of nitrogens with one attached hydrogen (secondary N) is 1. The van der Waals surface area contributed by atoms with Crippen molar-refractivity contribution in [2.24, 2.45) is 0 Å². The second-order valence-corrected chi connectivity index (χ2v) is 6.53. The van der Waals surface area contributed by atoms with E-state index in [4.69, 9.17) is 0 Å². The smallest absolute Gasteiger partial charge is 0.234 e. The molecule has 3 aromatic rings. The van der Waals surface area contributed by atoms with Crippen molar-refractivity contribution in [3.8, 4) is 0 Å². The summed E-state index contributed by atoms with van der Waals surface area (Å²) in [4.78, 5) is 24.4. The average molecular weight is 335 g/mol. The Hall–Kier alpha value is -2.59. The van der Waals surface area contributed by atoms with Crippen LogP contribution >= 0.6 is 11.8 Å². The van der Waals surface area contributed by atoms with Crippen molar-refractivity contribution < 1.29 is 9.59 Å². The van der Waals surface area contributed by atoms with Crippen molar-refractivity contribution in [1.29, 1.82) is 0 Å². The van der Waals surface area contributed by atoms with Gasteiger partial charge in [0.25, 0.3) is 0 Å². The lowest BCUT2D eigenvalue weighted by molar-refractivity contribution is -0.113. The fourth-order valence-electron chi connectivity index (χ4n) is 2.39. The molecule has 1 amide bonds. The maximum absolute atomic E-state index is 12.1. The van der Waals surface area contributed by atoms with Crippen LogP contribution in [-0.2, 0) is 4.79 Å². The molecule has 0 bridgehead atoms. The third kappa shape index (κ3) is 4.03. The number of anilines is 1. The molecule has 0 spiro atoms. The van der Waals surface area contributed by atoms with Crippen LogP contribution in [0.15, 0.2) is 71.6 Å². The monoisotopic (exact) mass is 335 g/mol. The molecule has 0 saturated carbocycles. The number of hydrogen-bond donors (Lipinski definition) is 1. The van der Waals surface area contributed by atoms with Gasteiger partial charge in [0.05, 0.1) is 5.75 Å². The Morgan fingerprint density at radius 1 is 0.917 bits per heavy atom. The van der Waals surface area contributed by atoms with E-state index in [1.165, 1.54) is 29.5 Å². The molecule has 120 valence electrons. The normalized spacial score (nSPS) is 10.5. The highest BCUT2D eigenvalue weighted by Crippen LogP contribution is 2.23. The molecule has 3 rings (SSSR count). The molecule has 0 radical (unpaired) electrons. The second kappa shape index (κ2) is 7.32. The van der Waals surface area contributed by atoms with Crippen molar-refractivity contribution >= 4 is 39.9 Å². The first kappa shape index (κ1) is 16.3. The number of amides is 1. The Kier molecular flexibility index (Phi) is 4.96. The molecule has 24 heavy (non-hydrogen) atoms. The van der Waals surface area contributed by atoms with Crippen LogP contribution in [-0.4, -0.2) is 17.4 Å². The zero-order valence-corrected chi connectivity index (χ0v) is 14.1. The largest absolute Gasteiger partial charge is 0.325 e. The minimum absolute atomic E-state index is 0.0136. The summed E-state index contributed by atoms with van der Waals surface area (Å²) in [7, 11) is 0. The van der Waals surface area contributed by atoms with Crippen LogP contribution in [0.2, 0.25) is 0 Å². The summed E-state index contributed by atoms with van der Waals surface area (Å²) in [6, 6.07) is 21.3. The molecule has 4 heteroatoms. The van der Waals surface area contributed by atoms with Gasteiger partial charge in [-0.05, 0) is 54.1 Å². The van der Waals surface area contributed by atoms with Crippen molar-refractivity contribution in [3.63, 3.8) is 0 Å². The highest BCUT2D eigenvalue weighted by atomic mass is 32.2. The average Bonchev–Trinajstić information content (AvgIpc) is 2.60. The zero-order chi connectivity index (χ0) is 16.9. The Morgan fingerprint density at radius 3 is 2.33 bits per heavy atom. The van der Waals surface area contributed by atoms with Crippen LogP contribution in [0.25, 0.3) is 10.8 Å². The van der Waals surface area contributed by atoms with E-state index in [0.29, 0.717) is 17.0 Å². The van der Waals surface area contributed by atoms with Gasteiger partial charge in [0.2, 0.25) is 5.91 Å². The first-order valence-corrected chi connectivity index (χ1v) is 8.63. The van der Waals surface area contributed by atoms with Gasteiger partial charge in [-0.15, -0.1) is 11.8 Å². The molecule has 0 aromatic heterocycles. The van der Waals surface area contributed by atoms with Crippen molar-refractivity contribution in [2.75, 3.05) is 11.1 Å². The highest BCUT2D eigenvalue weighted by Gasteiger charge is 2.05. The summed E-state index contributed by atoms with van der Waals surface area (Å²) in [5, 5.41) is 5.21. The van der Waals surface area contributed by atoms with E-state index in [9.17, 15) is 9.59 Å². The predicted octanol–water partition coefficient (Wildman–Crippen LogP) is 4.77. The van der Waals surface area contributed by atoms with E-state index in [1.54, 1.807) is 24.3 Å². The summed E-state index contributed by atoms with van der Waals surface area (Å²) in [5.74, 6) is 0.288. The Labute approximate surface area is 145 Å². The molecule has 1 N–H and O–H groups in total. The number of rotatable bonds is 5. The Morgan fingerprint density at radius 2 is 1.62 bits per heavy atom. The lowest BCUT2D eigenvalue weighted by Gasteiger charge is -2.06. The summed E-state index contributed by atoms with van der Waals surface area (Å²) < 4.78 is 0. The van der Waals surface area contributed by atoms with Crippen LogP contribution in [0.4, 0.5) is 5.69 Å². The molecule has 0 fully saturated rings. The van der Waals surface area contributed by atoms with E-state index in [0.717, 1.165) is 4.90 Å². The van der Waals surface area contributed by atoms with Crippen molar-refractivity contribution in [2.45, 2.75) is 11.8 Å². The molecule has 0 aliphatic carbocycles. The number of carbonyl (C=O) groups excluding carboxylic acids is 2. The second-order valence-electron chi connectivity index (χ2n) is 5.48. The van der Waals surface area contributed by atoms with Gasteiger partial charge in [-0.3, -0.25) is 9.59 Å². The lowest BCUT2D eigenvalue weighted by atomic mass is 10.1. The quantitative estimate of drug-likeness (QED) is 0.539. The number of ketones is 1. The summed E-state index contributed by atoms with van der Waals surface area (Å²) in [5.41, 5.74) is 1.34. The summed E-state index contributed by atoms with van der Waals surface area (Å²) >= 11 is 1.50. The topological polar surface area (TPSA) is 46.2 Å². The number of benzene rings is 3. The SMILES string of the molecule is CC(=O)c1ccc(NC(=O)CSc2ccc3ccccc3c2)cc1. The molecule has 0 aliphatic heterocycles. The van der Waals surface area contributed by atoms with Gasteiger partial charge in [-0.1, -0.05) is 30.3 Å². The van der Waals surface area contributed by atoms with E-state index >= 15 is 0 Å². The molecule has 0 heterocycles. The van der Waals surface area contributed by atoms with Crippen LogP contribution in [0.3, 0.4) is 0 Å². The molecule has 0 aliphatic rings.